The number of aromatic hydroxyl groups is 1. The zero-order valence-corrected chi connectivity index (χ0v) is 12.2. The number of nitro groups is 1. The number of carbonyl (C=O) groups excluding carboxylic acids is 1. The number of benzene rings is 1. The van der Waals surface area contributed by atoms with E-state index < -0.39 is 16.4 Å². The molecule has 0 aromatic heterocycles. The first-order valence-electron chi connectivity index (χ1n) is 6.95. The van der Waals surface area contributed by atoms with Crippen LogP contribution in [0, 0.1) is 10.1 Å². The van der Waals surface area contributed by atoms with Gasteiger partial charge in [-0.2, -0.15) is 0 Å². The van der Waals surface area contributed by atoms with E-state index in [0.29, 0.717) is 13.1 Å². The summed E-state index contributed by atoms with van der Waals surface area (Å²) in [4.78, 5) is 26.5. The van der Waals surface area contributed by atoms with Gasteiger partial charge in [-0.1, -0.05) is 13.0 Å². The van der Waals surface area contributed by atoms with Crippen LogP contribution in [0.5, 0.6) is 5.75 Å². The van der Waals surface area contributed by atoms with E-state index in [-0.39, 0.29) is 17.5 Å². The monoisotopic (exact) mass is 293 g/mol. The third-order valence-corrected chi connectivity index (χ3v) is 3.90. The number of hydrogen-bond acceptors (Lipinski definition) is 5. The number of hydrogen-bond donors (Lipinski definition) is 1. The lowest BCUT2D eigenvalue weighted by Gasteiger charge is -2.39. The second-order valence-corrected chi connectivity index (χ2v) is 5.16. The van der Waals surface area contributed by atoms with Crippen LogP contribution in [0.3, 0.4) is 0 Å². The lowest BCUT2D eigenvalue weighted by molar-refractivity contribution is -0.385. The molecule has 0 spiro atoms. The van der Waals surface area contributed by atoms with Gasteiger partial charge in [0.25, 0.3) is 5.91 Å². The topological polar surface area (TPSA) is 86.9 Å². The van der Waals surface area contributed by atoms with Crippen molar-refractivity contribution in [1.29, 1.82) is 0 Å². The molecule has 0 saturated carbocycles. The van der Waals surface area contributed by atoms with Gasteiger partial charge in [-0.05, 0) is 19.5 Å². The molecule has 1 unspecified atom stereocenters. The van der Waals surface area contributed by atoms with E-state index in [2.05, 4.69) is 11.8 Å². The molecule has 1 amide bonds. The van der Waals surface area contributed by atoms with Gasteiger partial charge in [0.1, 0.15) is 0 Å². The number of piperazine rings is 1. The van der Waals surface area contributed by atoms with Crippen LogP contribution >= 0.6 is 0 Å². The summed E-state index contributed by atoms with van der Waals surface area (Å²) in [5.74, 6) is -0.920. The summed E-state index contributed by atoms with van der Waals surface area (Å²) in [6, 6.07) is 4.25. The fourth-order valence-electron chi connectivity index (χ4n) is 2.67. The fourth-order valence-corrected chi connectivity index (χ4v) is 2.67. The average Bonchev–Trinajstić information content (AvgIpc) is 2.46. The highest BCUT2D eigenvalue weighted by Crippen LogP contribution is 2.30. The number of para-hydroxylation sites is 1. The van der Waals surface area contributed by atoms with Crippen LogP contribution in [0.2, 0.25) is 0 Å². The minimum atomic E-state index is -0.691. The minimum absolute atomic E-state index is 0.0126. The molecule has 1 fully saturated rings. The molecular formula is C14H19N3O4. The molecule has 1 aliphatic heterocycles. The number of amides is 1. The highest BCUT2D eigenvalue weighted by Gasteiger charge is 2.29. The highest BCUT2D eigenvalue weighted by molar-refractivity contribution is 5.98. The molecule has 0 radical (unpaired) electrons. The number of likely N-dealkylation sites (N-methyl/N-ethyl adjacent to an activating group) is 1. The summed E-state index contributed by atoms with van der Waals surface area (Å²) in [5, 5.41) is 20.7. The second kappa shape index (κ2) is 6.09. The Bertz CT molecular complexity index is 561. The molecule has 0 bridgehead atoms. The first-order chi connectivity index (χ1) is 9.95. The zero-order valence-electron chi connectivity index (χ0n) is 12.2. The van der Waals surface area contributed by atoms with Crippen molar-refractivity contribution in [2.75, 3.05) is 26.2 Å². The molecule has 114 valence electrons. The molecule has 1 aromatic carbocycles. The zero-order chi connectivity index (χ0) is 15.6. The van der Waals surface area contributed by atoms with Crippen LogP contribution in [-0.4, -0.2) is 58.0 Å². The quantitative estimate of drug-likeness (QED) is 0.673. The molecule has 21 heavy (non-hydrogen) atoms. The summed E-state index contributed by atoms with van der Waals surface area (Å²) in [5.41, 5.74) is -0.456. The van der Waals surface area contributed by atoms with E-state index >= 15 is 0 Å². The van der Waals surface area contributed by atoms with Crippen molar-refractivity contribution in [3.05, 3.63) is 33.9 Å². The summed E-state index contributed by atoms with van der Waals surface area (Å²) >= 11 is 0. The van der Waals surface area contributed by atoms with Crippen molar-refractivity contribution in [3.63, 3.8) is 0 Å². The van der Waals surface area contributed by atoms with E-state index in [1.807, 2.05) is 6.92 Å². The summed E-state index contributed by atoms with van der Waals surface area (Å²) in [6.07, 6.45) is 0. The van der Waals surface area contributed by atoms with Gasteiger partial charge in [0, 0.05) is 31.7 Å². The Balaban J connectivity index is 2.22. The van der Waals surface area contributed by atoms with E-state index in [1.54, 1.807) is 4.90 Å². The summed E-state index contributed by atoms with van der Waals surface area (Å²) in [6.45, 7) is 6.90. The predicted octanol–water partition coefficient (Wildman–Crippen LogP) is 1.47. The fraction of sp³-hybridized carbons (Fsp3) is 0.500. The van der Waals surface area contributed by atoms with Gasteiger partial charge in [-0.25, -0.2) is 0 Å². The molecule has 1 aromatic rings. The molecule has 0 aliphatic carbocycles. The average molecular weight is 293 g/mol. The Morgan fingerprint density at radius 3 is 2.76 bits per heavy atom. The Kier molecular flexibility index (Phi) is 4.42. The maximum atomic E-state index is 12.5. The van der Waals surface area contributed by atoms with Crippen molar-refractivity contribution in [1.82, 2.24) is 9.80 Å². The number of phenolic OH excluding ortho intramolecular Hbond substituents is 1. The van der Waals surface area contributed by atoms with E-state index in [4.69, 9.17) is 0 Å². The third-order valence-electron chi connectivity index (χ3n) is 3.90. The first kappa shape index (κ1) is 15.2. The first-order valence-corrected chi connectivity index (χ1v) is 6.95. The summed E-state index contributed by atoms with van der Waals surface area (Å²) in [7, 11) is 0. The molecule has 1 saturated heterocycles. The van der Waals surface area contributed by atoms with Crippen LogP contribution in [0.25, 0.3) is 0 Å². The standard InChI is InChI=1S/C14H19N3O4/c1-3-15-7-8-16(9-10(15)2)14(19)11-5-4-6-12(13(11)18)17(20)21/h4-6,10,18H,3,7-9H2,1-2H3. The smallest absolute Gasteiger partial charge is 0.311 e. The van der Waals surface area contributed by atoms with Crippen LogP contribution in [-0.2, 0) is 0 Å². The Morgan fingerprint density at radius 1 is 1.48 bits per heavy atom. The lowest BCUT2D eigenvalue weighted by atomic mass is 10.1. The number of phenols is 1. The number of rotatable bonds is 3. The maximum absolute atomic E-state index is 12.5. The van der Waals surface area contributed by atoms with Gasteiger partial charge in [-0.3, -0.25) is 19.8 Å². The Labute approximate surface area is 122 Å². The molecular weight excluding hydrogens is 274 g/mol. The van der Waals surface area contributed by atoms with Gasteiger partial charge in [0.2, 0.25) is 5.75 Å². The van der Waals surface area contributed by atoms with Crippen molar-refractivity contribution in [2.45, 2.75) is 19.9 Å². The van der Waals surface area contributed by atoms with Crippen molar-refractivity contribution >= 4 is 11.6 Å². The highest BCUT2D eigenvalue weighted by atomic mass is 16.6. The molecule has 1 atom stereocenters. The molecule has 1 aliphatic rings. The third kappa shape index (κ3) is 2.97. The largest absolute Gasteiger partial charge is 0.502 e. The van der Waals surface area contributed by atoms with Crippen LogP contribution in [0.15, 0.2) is 18.2 Å². The maximum Gasteiger partial charge on any atom is 0.311 e. The number of nitro benzene ring substituents is 1. The Hall–Kier alpha value is -2.15. The van der Waals surface area contributed by atoms with Crippen LogP contribution < -0.4 is 0 Å². The lowest BCUT2D eigenvalue weighted by Crippen LogP contribution is -2.53. The molecule has 2 rings (SSSR count). The molecule has 1 N–H and O–H groups in total. The number of carbonyl (C=O) groups is 1. The van der Waals surface area contributed by atoms with Gasteiger partial charge in [-0.15, -0.1) is 0 Å². The second-order valence-electron chi connectivity index (χ2n) is 5.16. The summed E-state index contributed by atoms with van der Waals surface area (Å²) < 4.78 is 0. The minimum Gasteiger partial charge on any atom is -0.502 e. The van der Waals surface area contributed by atoms with Gasteiger partial charge < -0.3 is 10.0 Å². The van der Waals surface area contributed by atoms with Crippen molar-refractivity contribution in [3.8, 4) is 5.75 Å². The molecule has 7 nitrogen and oxygen atoms in total. The van der Waals surface area contributed by atoms with E-state index in [9.17, 15) is 20.0 Å². The van der Waals surface area contributed by atoms with Crippen LogP contribution in [0.4, 0.5) is 5.69 Å². The normalized spacial score (nSPS) is 19.5. The van der Waals surface area contributed by atoms with Gasteiger partial charge in [0.05, 0.1) is 10.5 Å². The van der Waals surface area contributed by atoms with Crippen molar-refractivity contribution in [2.24, 2.45) is 0 Å². The van der Waals surface area contributed by atoms with Crippen molar-refractivity contribution < 1.29 is 14.8 Å². The van der Waals surface area contributed by atoms with Crippen LogP contribution in [0.1, 0.15) is 24.2 Å². The number of nitrogens with zero attached hydrogens (tertiary/aromatic N) is 3. The SMILES string of the molecule is CCN1CCN(C(=O)c2cccc([N+](=O)[O-])c2O)CC1C. The Morgan fingerprint density at radius 2 is 2.19 bits per heavy atom. The van der Waals surface area contributed by atoms with Gasteiger partial charge in [0.15, 0.2) is 0 Å². The van der Waals surface area contributed by atoms with E-state index in [1.165, 1.54) is 18.2 Å². The van der Waals surface area contributed by atoms with E-state index in [0.717, 1.165) is 13.1 Å². The molecule has 7 heteroatoms. The van der Waals surface area contributed by atoms with Gasteiger partial charge >= 0.3 is 5.69 Å². The predicted molar refractivity (Wildman–Crippen MR) is 77.4 cm³/mol. The molecule has 1 heterocycles.